The molecule has 1 aliphatic rings. The second-order valence-electron chi connectivity index (χ2n) is 4.13. The van der Waals surface area contributed by atoms with Crippen LogP contribution in [0.5, 0.6) is 11.5 Å². The highest BCUT2D eigenvalue weighted by Gasteiger charge is 2.30. The molecule has 0 radical (unpaired) electrons. The average Bonchev–Trinajstić information content (AvgIpc) is 3.10. The van der Waals surface area contributed by atoms with Crippen LogP contribution in [0.4, 0.5) is 5.69 Å². The Morgan fingerprint density at radius 3 is 2.81 bits per heavy atom. The smallest absolute Gasteiger partial charge is 0.162 e. The number of benzene rings is 1. The molecule has 4 nitrogen and oxygen atoms in total. The Balaban J connectivity index is 1.97. The Bertz CT molecular complexity index is 363. The third kappa shape index (κ3) is 2.58. The summed E-state index contributed by atoms with van der Waals surface area (Å²) >= 11 is 0. The third-order valence-corrected chi connectivity index (χ3v) is 2.76. The van der Waals surface area contributed by atoms with Gasteiger partial charge in [-0.3, -0.25) is 0 Å². The average molecular weight is 223 g/mol. The first-order chi connectivity index (χ1) is 7.70. The zero-order valence-corrected chi connectivity index (χ0v) is 9.35. The van der Waals surface area contributed by atoms with E-state index in [0.717, 1.165) is 12.8 Å². The van der Waals surface area contributed by atoms with Crippen molar-refractivity contribution >= 4 is 5.69 Å². The Morgan fingerprint density at radius 2 is 2.19 bits per heavy atom. The highest BCUT2D eigenvalue weighted by molar-refractivity contribution is 5.51. The van der Waals surface area contributed by atoms with Crippen LogP contribution in [-0.4, -0.2) is 24.9 Å². The van der Waals surface area contributed by atoms with Gasteiger partial charge in [0.1, 0.15) is 6.61 Å². The monoisotopic (exact) mass is 223 g/mol. The normalized spacial score (nSPS) is 16.9. The van der Waals surface area contributed by atoms with Gasteiger partial charge in [0.25, 0.3) is 0 Å². The first-order valence-corrected chi connectivity index (χ1v) is 5.45. The van der Waals surface area contributed by atoms with Crippen molar-refractivity contribution in [3.63, 3.8) is 0 Å². The van der Waals surface area contributed by atoms with Crippen LogP contribution in [0, 0.1) is 5.92 Å². The number of nitrogens with two attached hydrogens (primary N) is 1. The number of rotatable bonds is 5. The topological polar surface area (TPSA) is 64.7 Å². The molecule has 0 spiro atoms. The SMILES string of the molecule is COc1cc(N)ccc1OC[C@H](O)C1CC1. The fraction of sp³-hybridized carbons (Fsp3) is 0.500. The van der Waals surface area contributed by atoms with E-state index in [0.29, 0.717) is 29.7 Å². The Kier molecular flexibility index (Phi) is 3.19. The lowest BCUT2D eigenvalue weighted by molar-refractivity contribution is 0.0880. The highest BCUT2D eigenvalue weighted by Crippen LogP contribution is 2.34. The quantitative estimate of drug-likeness (QED) is 0.741. The van der Waals surface area contributed by atoms with Crippen molar-refractivity contribution in [2.75, 3.05) is 19.5 Å². The van der Waals surface area contributed by atoms with Crippen molar-refractivity contribution in [2.45, 2.75) is 18.9 Å². The van der Waals surface area contributed by atoms with Crippen molar-refractivity contribution < 1.29 is 14.6 Å². The molecule has 0 heterocycles. The Hall–Kier alpha value is -1.42. The zero-order valence-electron chi connectivity index (χ0n) is 9.35. The van der Waals surface area contributed by atoms with Crippen molar-refractivity contribution in [1.29, 1.82) is 0 Å². The minimum Gasteiger partial charge on any atom is -0.493 e. The van der Waals surface area contributed by atoms with E-state index in [1.54, 1.807) is 25.3 Å². The molecular weight excluding hydrogens is 206 g/mol. The van der Waals surface area contributed by atoms with E-state index in [9.17, 15) is 5.11 Å². The predicted octanol–water partition coefficient (Wildman–Crippen LogP) is 1.43. The molecular formula is C12H17NO3. The number of ether oxygens (including phenoxy) is 2. The van der Waals surface area contributed by atoms with Gasteiger partial charge in [0.2, 0.25) is 0 Å². The summed E-state index contributed by atoms with van der Waals surface area (Å²) in [6, 6.07) is 5.22. The number of nitrogen functional groups attached to an aromatic ring is 1. The van der Waals surface area contributed by atoms with Crippen molar-refractivity contribution in [2.24, 2.45) is 5.92 Å². The van der Waals surface area contributed by atoms with Gasteiger partial charge >= 0.3 is 0 Å². The second-order valence-corrected chi connectivity index (χ2v) is 4.13. The highest BCUT2D eigenvalue weighted by atomic mass is 16.5. The summed E-state index contributed by atoms with van der Waals surface area (Å²) in [7, 11) is 1.57. The first kappa shape index (κ1) is 11.1. The molecule has 1 atom stereocenters. The molecule has 1 aromatic rings. The minimum atomic E-state index is -0.373. The third-order valence-electron chi connectivity index (χ3n) is 2.76. The Labute approximate surface area is 95.0 Å². The number of aliphatic hydroxyl groups excluding tert-OH is 1. The van der Waals surface area contributed by atoms with Crippen LogP contribution in [0.2, 0.25) is 0 Å². The van der Waals surface area contributed by atoms with Crippen molar-refractivity contribution in [3.8, 4) is 11.5 Å². The van der Waals surface area contributed by atoms with E-state index in [2.05, 4.69) is 0 Å². The predicted molar refractivity (Wildman–Crippen MR) is 61.6 cm³/mol. The summed E-state index contributed by atoms with van der Waals surface area (Å²) in [4.78, 5) is 0. The largest absolute Gasteiger partial charge is 0.493 e. The molecule has 0 aromatic heterocycles. The van der Waals surface area contributed by atoms with E-state index in [4.69, 9.17) is 15.2 Å². The van der Waals surface area contributed by atoms with Gasteiger partial charge in [-0.2, -0.15) is 0 Å². The summed E-state index contributed by atoms with van der Waals surface area (Å²) in [6.45, 7) is 0.310. The molecule has 1 saturated carbocycles. The molecule has 1 aromatic carbocycles. The standard InChI is InChI=1S/C12H17NO3/c1-15-12-6-9(13)4-5-11(12)16-7-10(14)8-2-3-8/h4-6,8,10,14H,2-3,7,13H2,1H3/t10-/m0/s1. The van der Waals surface area contributed by atoms with Crippen LogP contribution in [0.1, 0.15) is 12.8 Å². The maximum absolute atomic E-state index is 9.68. The number of hydrogen-bond acceptors (Lipinski definition) is 4. The summed E-state index contributed by atoms with van der Waals surface area (Å²) in [5.74, 6) is 1.64. The molecule has 3 N–H and O–H groups in total. The zero-order chi connectivity index (χ0) is 11.5. The molecule has 88 valence electrons. The van der Waals surface area contributed by atoms with Gasteiger partial charge in [0, 0.05) is 11.8 Å². The van der Waals surface area contributed by atoms with E-state index in [-0.39, 0.29) is 6.10 Å². The van der Waals surface area contributed by atoms with Crippen LogP contribution in [0.15, 0.2) is 18.2 Å². The van der Waals surface area contributed by atoms with Gasteiger partial charge < -0.3 is 20.3 Å². The van der Waals surface area contributed by atoms with Crippen molar-refractivity contribution in [3.05, 3.63) is 18.2 Å². The molecule has 0 amide bonds. The molecule has 2 rings (SSSR count). The van der Waals surface area contributed by atoms with Crippen LogP contribution < -0.4 is 15.2 Å². The van der Waals surface area contributed by atoms with Crippen molar-refractivity contribution in [1.82, 2.24) is 0 Å². The fourth-order valence-corrected chi connectivity index (χ4v) is 1.60. The molecule has 0 unspecified atom stereocenters. The maximum Gasteiger partial charge on any atom is 0.162 e. The summed E-state index contributed by atoms with van der Waals surface area (Å²) < 4.78 is 10.7. The van der Waals surface area contributed by atoms with Gasteiger partial charge in [-0.05, 0) is 30.9 Å². The summed E-state index contributed by atoms with van der Waals surface area (Å²) in [5, 5.41) is 9.68. The molecule has 16 heavy (non-hydrogen) atoms. The van der Waals surface area contributed by atoms with Gasteiger partial charge in [0.15, 0.2) is 11.5 Å². The second kappa shape index (κ2) is 4.61. The van der Waals surface area contributed by atoms with E-state index in [1.165, 1.54) is 0 Å². The molecule has 0 bridgehead atoms. The lowest BCUT2D eigenvalue weighted by Gasteiger charge is -2.14. The van der Waals surface area contributed by atoms with Crippen LogP contribution in [-0.2, 0) is 0 Å². The molecule has 4 heteroatoms. The van der Waals surface area contributed by atoms with Crippen LogP contribution in [0.25, 0.3) is 0 Å². The van der Waals surface area contributed by atoms with Gasteiger partial charge in [-0.1, -0.05) is 0 Å². The number of methoxy groups -OCH3 is 1. The van der Waals surface area contributed by atoms with E-state index < -0.39 is 0 Å². The van der Waals surface area contributed by atoms with Gasteiger partial charge in [0.05, 0.1) is 13.2 Å². The number of aliphatic hydroxyl groups is 1. The lowest BCUT2D eigenvalue weighted by Crippen LogP contribution is -2.19. The first-order valence-electron chi connectivity index (χ1n) is 5.45. The Morgan fingerprint density at radius 1 is 1.44 bits per heavy atom. The maximum atomic E-state index is 9.68. The minimum absolute atomic E-state index is 0.310. The molecule has 1 fully saturated rings. The number of hydrogen-bond donors (Lipinski definition) is 2. The van der Waals surface area contributed by atoms with E-state index in [1.807, 2.05) is 0 Å². The lowest BCUT2D eigenvalue weighted by atomic mass is 10.2. The van der Waals surface area contributed by atoms with Gasteiger partial charge in [-0.15, -0.1) is 0 Å². The van der Waals surface area contributed by atoms with Crippen LogP contribution in [0.3, 0.4) is 0 Å². The molecule has 0 saturated heterocycles. The fourth-order valence-electron chi connectivity index (χ4n) is 1.60. The number of anilines is 1. The summed E-state index contributed by atoms with van der Waals surface area (Å²) in [6.07, 6.45) is 1.83. The van der Waals surface area contributed by atoms with Gasteiger partial charge in [-0.25, -0.2) is 0 Å². The van der Waals surface area contributed by atoms with E-state index >= 15 is 0 Å². The van der Waals surface area contributed by atoms with Crippen LogP contribution >= 0.6 is 0 Å². The summed E-state index contributed by atoms with van der Waals surface area (Å²) in [5.41, 5.74) is 6.26. The molecule has 1 aliphatic carbocycles. The molecule has 0 aliphatic heterocycles.